The first-order valence-electron chi connectivity index (χ1n) is 9.64. The van der Waals surface area contributed by atoms with Crippen molar-refractivity contribution < 1.29 is 4.52 Å². The van der Waals surface area contributed by atoms with Crippen molar-refractivity contribution in [1.29, 1.82) is 0 Å². The van der Waals surface area contributed by atoms with E-state index in [1.807, 2.05) is 25.1 Å². The summed E-state index contributed by atoms with van der Waals surface area (Å²) in [5.41, 5.74) is 3.28. The molecule has 2 aromatic heterocycles. The van der Waals surface area contributed by atoms with Crippen LogP contribution in [-0.2, 0) is 19.3 Å². The number of aromatic nitrogens is 3. The van der Waals surface area contributed by atoms with E-state index in [0.717, 1.165) is 55.3 Å². The molecule has 0 amide bonds. The first-order valence-corrected chi connectivity index (χ1v) is 10.0. The van der Waals surface area contributed by atoms with Gasteiger partial charge in [0.15, 0.2) is 11.8 Å². The van der Waals surface area contributed by atoms with Crippen LogP contribution in [0.15, 0.2) is 52.1 Å². The van der Waals surface area contributed by atoms with Crippen LogP contribution < -0.4 is 10.6 Å². The Morgan fingerprint density at radius 1 is 1.03 bits per heavy atom. The SMILES string of the molecule is CCc1noc(-c2ccc(CCNC(=NC)NCCc3ccc(Cl)nc3)cc2)n1. The molecular weight excluding hydrogens is 388 g/mol. The molecule has 0 bridgehead atoms. The van der Waals surface area contributed by atoms with E-state index in [-0.39, 0.29) is 0 Å². The third-order valence-electron chi connectivity index (χ3n) is 4.41. The highest BCUT2D eigenvalue weighted by atomic mass is 35.5. The minimum absolute atomic E-state index is 0.509. The largest absolute Gasteiger partial charge is 0.356 e. The Balaban J connectivity index is 1.41. The van der Waals surface area contributed by atoms with Crippen molar-refractivity contribution in [2.45, 2.75) is 26.2 Å². The molecule has 8 heteroatoms. The molecule has 0 aliphatic heterocycles. The predicted octanol–water partition coefficient (Wildman–Crippen LogP) is 3.30. The van der Waals surface area contributed by atoms with Gasteiger partial charge in [-0.3, -0.25) is 4.99 Å². The average molecular weight is 413 g/mol. The van der Waals surface area contributed by atoms with Crippen LogP contribution in [-0.4, -0.2) is 41.2 Å². The van der Waals surface area contributed by atoms with E-state index in [0.29, 0.717) is 11.0 Å². The van der Waals surface area contributed by atoms with Gasteiger partial charge in [0, 0.05) is 38.3 Å². The van der Waals surface area contributed by atoms with Crippen LogP contribution in [0.1, 0.15) is 23.9 Å². The van der Waals surface area contributed by atoms with Gasteiger partial charge in [0.2, 0.25) is 0 Å². The van der Waals surface area contributed by atoms with E-state index >= 15 is 0 Å². The van der Waals surface area contributed by atoms with E-state index in [1.165, 1.54) is 5.56 Å². The molecule has 3 aromatic rings. The van der Waals surface area contributed by atoms with Crippen molar-refractivity contribution in [3.63, 3.8) is 0 Å². The van der Waals surface area contributed by atoms with Crippen LogP contribution in [0.4, 0.5) is 0 Å². The molecule has 1 aromatic carbocycles. The molecule has 7 nitrogen and oxygen atoms in total. The number of aryl methyl sites for hydroxylation is 1. The minimum Gasteiger partial charge on any atom is -0.356 e. The van der Waals surface area contributed by atoms with Crippen LogP contribution >= 0.6 is 11.6 Å². The molecule has 0 atom stereocenters. The fraction of sp³-hybridized carbons (Fsp3) is 0.333. The Bertz CT molecular complexity index is 921. The zero-order valence-corrected chi connectivity index (χ0v) is 17.4. The Hall–Kier alpha value is -2.93. The third-order valence-corrected chi connectivity index (χ3v) is 4.63. The van der Waals surface area contributed by atoms with E-state index in [9.17, 15) is 0 Å². The molecule has 3 rings (SSSR count). The monoisotopic (exact) mass is 412 g/mol. The number of guanidine groups is 1. The Morgan fingerprint density at radius 2 is 1.72 bits per heavy atom. The van der Waals surface area contributed by atoms with Gasteiger partial charge in [-0.15, -0.1) is 0 Å². The number of nitrogens with one attached hydrogen (secondary N) is 2. The number of hydrogen-bond acceptors (Lipinski definition) is 5. The molecule has 2 heterocycles. The molecule has 2 N–H and O–H groups in total. The molecule has 29 heavy (non-hydrogen) atoms. The maximum Gasteiger partial charge on any atom is 0.257 e. The van der Waals surface area contributed by atoms with Crippen LogP contribution in [0.2, 0.25) is 5.15 Å². The van der Waals surface area contributed by atoms with Gasteiger partial charge in [0.25, 0.3) is 5.89 Å². The fourth-order valence-corrected chi connectivity index (χ4v) is 2.87. The predicted molar refractivity (Wildman–Crippen MR) is 115 cm³/mol. The summed E-state index contributed by atoms with van der Waals surface area (Å²) in [5.74, 6) is 2.06. The van der Waals surface area contributed by atoms with Gasteiger partial charge in [0.1, 0.15) is 5.15 Å². The van der Waals surface area contributed by atoms with Crippen molar-refractivity contribution in [3.05, 3.63) is 64.7 Å². The van der Waals surface area contributed by atoms with Gasteiger partial charge in [0.05, 0.1) is 0 Å². The highest BCUT2D eigenvalue weighted by molar-refractivity contribution is 6.29. The van der Waals surface area contributed by atoms with Gasteiger partial charge in [-0.2, -0.15) is 4.98 Å². The summed E-state index contributed by atoms with van der Waals surface area (Å²) < 4.78 is 5.28. The summed E-state index contributed by atoms with van der Waals surface area (Å²) in [6, 6.07) is 12.0. The minimum atomic E-state index is 0.509. The van der Waals surface area contributed by atoms with Crippen molar-refractivity contribution in [2.75, 3.05) is 20.1 Å². The van der Waals surface area contributed by atoms with E-state index in [2.05, 4.69) is 42.9 Å². The number of pyridine rings is 1. The van der Waals surface area contributed by atoms with Crippen molar-refractivity contribution in [2.24, 2.45) is 4.99 Å². The maximum atomic E-state index is 5.81. The zero-order chi connectivity index (χ0) is 20.5. The molecule has 0 unspecified atom stereocenters. The van der Waals surface area contributed by atoms with Crippen LogP contribution in [0.3, 0.4) is 0 Å². The summed E-state index contributed by atoms with van der Waals surface area (Å²) in [4.78, 5) is 12.7. The lowest BCUT2D eigenvalue weighted by atomic mass is 10.1. The van der Waals surface area contributed by atoms with E-state index in [4.69, 9.17) is 16.1 Å². The summed E-state index contributed by atoms with van der Waals surface area (Å²) in [7, 11) is 1.77. The fourth-order valence-electron chi connectivity index (χ4n) is 2.75. The second-order valence-electron chi connectivity index (χ2n) is 6.48. The lowest BCUT2D eigenvalue weighted by Crippen LogP contribution is -2.39. The number of hydrogen-bond donors (Lipinski definition) is 2. The van der Waals surface area contributed by atoms with Gasteiger partial charge >= 0.3 is 0 Å². The van der Waals surface area contributed by atoms with Crippen LogP contribution in [0.25, 0.3) is 11.5 Å². The van der Waals surface area contributed by atoms with Crippen molar-refractivity contribution in [3.8, 4) is 11.5 Å². The smallest absolute Gasteiger partial charge is 0.257 e. The number of halogens is 1. The second kappa shape index (κ2) is 10.6. The molecular formula is C21H25ClN6O. The van der Waals surface area contributed by atoms with Gasteiger partial charge in [-0.05, 0) is 42.2 Å². The normalized spacial score (nSPS) is 11.5. The summed E-state index contributed by atoms with van der Waals surface area (Å²) in [6.45, 7) is 3.55. The molecule has 0 saturated carbocycles. The summed E-state index contributed by atoms with van der Waals surface area (Å²) in [5, 5.41) is 11.1. The highest BCUT2D eigenvalue weighted by Gasteiger charge is 2.07. The first kappa shape index (κ1) is 20.8. The molecule has 0 aliphatic rings. The number of aliphatic imine (C=N–C) groups is 1. The Labute approximate surface area is 175 Å². The quantitative estimate of drug-likeness (QED) is 0.335. The Kier molecular flexibility index (Phi) is 7.58. The number of nitrogens with zero attached hydrogens (tertiary/aromatic N) is 4. The van der Waals surface area contributed by atoms with E-state index in [1.54, 1.807) is 19.3 Å². The third kappa shape index (κ3) is 6.29. The van der Waals surface area contributed by atoms with Crippen LogP contribution in [0.5, 0.6) is 0 Å². The van der Waals surface area contributed by atoms with E-state index < -0.39 is 0 Å². The Morgan fingerprint density at radius 3 is 2.31 bits per heavy atom. The molecule has 0 saturated heterocycles. The van der Waals surface area contributed by atoms with Crippen LogP contribution in [0, 0.1) is 0 Å². The summed E-state index contributed by atoms with van der Waals surface area (Å²) in [6.07, 6.45) is 4.29. The average Bonchev–Trinajstić information content (AvgIpc) is 3.24. The van der Waals surface area contributed by atoms with Crippen molar-refractivity contribution in [1.82, 2.24) is 25.8 Å². The van der Waals surface area contributed by atoms with Gasteiger partial charge in [-0.25, -0.2) is 4.98 Å². The lowest BCUT2D eigenvalue weighted by molar-refractivity contribution is 0.423. The maximum absolute atomic E-state index is 5.81. The molecule has 152 valence electrons. The lowest BCUT2D eigenvalue weighted by Gasteiger charge is -2.12. The second-order valence-corrected chi connectivity index (χ2v) is 6.87. The van der Waals surface area contributed by atoms with Gasteiger partial charge in [-0.1, -0.05) is 41.9 Å². The highest BCUT2D eigenvalue weighted by Crippen LogP contribution is 2.18. The number of benzene rings is 1. The van der Waals surface area contributed by atoms with Gasteiger partial charge < -0.3 is 15.2 Å². The molecule has 0 fully saturated rings. The summed E-state index contributed by atoms with van der Waals surface area (Å²) >= 11 is 5.81. The first-order chi connectivity index (χ1) is 14.2. The van der Waals surface area contributed by atoms with Crippen molar-refractivity contribution >= 4 is 17.6 Å². The standard InChI is InChI=1S/C21H25ClN6O/c1-3-19-27-20(29-28-19)17-7-4-15(5-8-17)10-12-24-21(23-2)25-13-11-16-6-9-18(22)26-14-16/h4-9,14H,3,10-13H2,1-2H3,(H2,23,24,25). The molecule has 0 spiro atoms. The number of rotatable bonds is 8. The molecule has 0 aliphatic carbocycles. The topological polar surface area (TPSA) is 88.2 Å². The zero-order valence-electron chi connectivity index (χ0n) is 16.7. The molecule has 0 radical (unpaired) electrons.